The lowest BCUT2D eigenvalue weighted by Gasteiger charge is -1.97. The number of carbonyl (C=O) groups excluding carboxylic acids is 1. The second kappa shape index (κ2) is 3.67. The van der Waals surface area contributed by atoms with Crippen molar-refractivity contribution in [1.82, 2.24) is 9.97 Å². The highest BCUT2D eigenvalue weighted by molar-refractivity contribution is 7.13. The van der Waals surface area contributed by atoms with Gasteiger partial charge in [-0.1, -0.05) is 6.07 Å². The molecular weight excluding hydrogens is 196 g/mol. The first-order valence-corrected chi connectivity index (χ1v) is 5.03. The van der Waals surface area contributed by atoms with E-state index in [2.05, 4.69) is 9.97 Å². The number of aromatic nitrogens is 2. The van der Waals surface area contributed by atoms with Gasteiger partial charge in [0.05, 0.1) is 10.6 Å². The van der Waals surface area contributed by atoms with Gasteiger partial charge >= 0.3 is 0 Å². The molecule has 0 radical (unpaired) electrons. The zero-order valence-corrected chi connectivity index (χ0v) is 8.41. The molecule has 2 rings (SSSR count). The molecule has 0 aliphatic heterocycles. The van der Waals surface area contributed by atoms with E-state index in [0.717, 1.165) is 10.6 Å². The van der Waals surface area contributed by atoms with Crippen molar-refractivity contribution in [3.63, 3.8) is 0 Å². The molecule has 14 heavy (non-hydrogen) atoms. The minimum absolute atomic E-state index is 0.108. The molecule has 3 nitrogen and oxygen atoms in total. The highest BCUT2D eigenvalue weighted by Gasteiger charge is 2.05. The summed E-state index contributed by atoms with van der Waals surface area (Å²) in [6.45, 7) is 1.47. The molecule has 0 unspecified atom stereocenters. The summed E-state index contributed by atoms with van der Waals surface area (Å²) in [5.41, 5.74) is 0.806. The zero-order chi connectivity index (χ0) is 9.97. The number of carbonyl (C=O) groups is 1. The third-order valence-corrected chi connectivity index (χ3v) is 2.64. The predicted molar refractivity (Wildman–Crippen MR) is 55.3 cm³/mol. The Hall–Kier alpha value is -1.55. The Morgan fingerprint density at radius 2 is 2.29 bits per heavy atom. The van der Waals surface area contributed by atoms with Crippen LogP contribution in [0.3, 0.4) is 0 Å². The largest absolute Gasteiger partial charge is 0.291 e. The Morgan fingerprint density at radius 1 is 1.43 bits per heavy atom. The Balaban J connectivity index is 2.46. The number of hydrogen-bond donors (Lipinski definition) is 0. The van der Waals surface area contributed by atoms with Crippen molar-refractivity contribution in [2.45, 2.75) is 6.92 Å². The van der Waals surface area contributed by atoms with E-state index < -0.39 is 0 Å². The average molecular weight is 204 g/mol. The number of Topliss-reactive ketones (excluding diaryl/α,β-unsaturated/α-hetero) is 1. The molecular formula is C10H8N2OS. The highest BCUT2D eigenvalue weighted by atomic mass is 32.1. The first kappa shape index (κ1) is 9.02. The Kier molecular flexibility index (Phi) is 2.37. The molecule has 0 aromatic carbocycles. The van der Waals surface area contributed by atoms with E-state index in [1.54, 1.807) is 23.6 Å². The summed E-state index contributed by atoms with van der Waals surface area (Å²) in [6.07, 6.45) is 1.61. The molecule has 2 aromatic rings. The highest BCUT2D eigenvalue weighted by Crippen LogP contribution is 2.21. The third-order valence-electron chi connectivity index (χ3n) is 1.74. The van der Waals surface area contributed by atoms with Crippen LogP contribution in [0.5, 0.6) is 0 Å². The fourth-order valence-electron chi connectivity index (χ4n) is 1.09. The van der Waals surface area contributed by atoms with E-state index in [1.807, 2.05) is 17.5 Å². The monoisotopic (exact) mass is 204 g/mol. The standard InChI is InChI=1S/C10H8N2OS/c1-7(13)10-11-5-4-8(12-10)9-3-2-6-14-9/h2-6H,1H3. The molecule has 4 heteroatoms. The molecule has 0 aliphatic carbocycles. The van der Waals surface area contributed by atoms with E-state index in [0.29, 0.717) is 0 Å². The van der Waals surface area contributed by atoms with Crippen molar-refractivity contribution >= 4 is 17.1 Å². The number of thiophene rings is 1. The van der Waals surface area contributed by atoms with Crippen molar-refractivity contribution < 1.29 is 4.79 Å². The SMILES string of the molecule is CC(=O)c1nccc(-c2cccs2)n1. The smallest absolute Gasteiger partial charge is 0.196 e. The minimum Gasteiger partial charge on any atom is -0.291 e. The van der Waals surface area contributed by atoms with Crippen LogP contribution in [0.15, 0.2) is 29.8 Å². The maximum Gasteiger partial charge on any atom is 0.196 e. The third kappa shape index (κ3) is 1.70. The lowest BCUT2D eigenvalue weighted by Crippen LogP contribution is -2.00. The molecule has 0 fully saturated rings. The average Bonchev–Trinajstić information content (AvgIpc) is 2.71. The van der Waals surface area contributed by atoms with Gasteiger partial charge in [-0.15, -0.1) is 11.3 Å². The molecule has 2 aromatic heterocycles. The van der Waals surface area contributed by atoms with Crippen LogP contribution in [0.25, 0.3) is 10.6 Å². The molecule has 0 aliphatic rings. The summed E-state index contributed by atoms with van der Waals surface area (Å²) >= 11 is 1.59. The Bertz CT molecular complexity index is 451. The van der Waals surface area contributed by atoms with E-state index in [-0.39, 0.29) is 11.6 Å². The molecule has 0 atom stereocenters. The predicted octanol–water partition coefficient (Wildman–Crippen LogP) is 2.41. The summed E-state index contributed by atoms with van der Waals surface area (Å²) in [6, 6.07) is 5.73. The Labute approximate surface area is 85.5 Å². The first-order valence-electron chi connectivity index (χ1n) is 4.15. The van der Waals surface area contributed by atoms with Crippen molar-refractivity contribution in [3.05, 3.63) is 35.6 Å². The van der Waals surface area contributed by atoms with Crippen molar-refractivity contribution in [2.75, 3.05) is 0 Å². The van der Waals surface area contributed by atoms with Crippen LogP contribution in [0, 0.1) is 0 Å². The van der Waals surface area contributed by atoms with Crippen molar-refractivity contribution in [3.8, 4) is 10.6 Å². The van der Waals surface area contributed by atoms with Gasteiger partial charge in [0.15, 0.2) is 11.6 Å². The molecule has 0 N–H and O–H groups in total. The van der Waals surface area contributed by atoms with Crippen LogP contribution < -0.4 is 0 Å². The number of ketones is 1. The van der Waals surface area contributed by atoms with Crippen LogP contribution in [0.2, 0.25) is 0 Å². The molecule has 2 heterocycles. The van der Waals surface area contributed by atoms with Crippen LogP contribution in [0.4, 0.5) is 0 Å². The zero-order valence-electron chi connectivity index (χ0n) is 7.60. The van der Waals surface area contributed by atoms with Gasteiger partial charge in [-0.2, -0.15) is 0 Å². The molecule has 0 bridgehead atoms. The van der Waals surface area contributed by atoms with Gasteiger partial charge in [-0.3, -0.25) is 4.79 Å². The molecule has 0 saturated heterocycles. The fraction of sp³-hybridized carbons (Fsp3) is 0.100. The second-order valence-electron chi connectivity index (χ2n) is 2.80. The second-order valence-corrected chi connectivity index (χ2v) is 3.75. The molecule has 0 saturated carbocycles. The summed E-state index contributed by atoms with van der Waals surface area (Å²) in [5.74, 6) is 0.166. The van der Waals surface area contributed by atoms with E-state index in [4.69, 9.17) is 0 Å². The summed E-state index contributed by atoms with van der Waals surface area (Å²) in [5, 5.41) is 1.98. The van der Waals surface area contributed by atoms with Crippen LogP contribution in [-0.4, -0.2) is 15.8 Å². The topological polar surface area (TPSA) is 42.9 Å². The van der Waals surface area contributed by atoms with Gasteiger partial charge in [0, 0.05) is 13.1 Å². The van der Waals surface area contributed by atoms with Gasteiger partial charge in [0.25, 0.3) is 0 Å². The van der Waals surface area contributed by atoms with Crippen LogP contribution in [0.1, 0.15) is 17.5 Å². The minimum atomic E-state index is -0.108. The van der Waals surface area contributed by atoms with Crippen molar-refractivity contribution in [1.29, 1.82) is 0 Å². The lowest BCUT2D eigenvalue weighted by atomic mass is 10.3. The maximum atomic E-state index is 11.0. The van der Waals surface area contributed by atoms with Crippen molar-refractivity contribution in [2.24, 2.45) is 0 Å². The number of hydrogen-bond acceptors (Lipinski definition) is 4. The fourth-order valence-corrected chi connectivity index (χ4v) is 1.79. The van der Waals surface area contributed by atoms with Gasteiger partial charge in [-0.05, 0) is 17.5 Å². The summed E-state index contributed by atoms with van der Waals surface area (Å²) in [4.78, 5) is 20.2. The van der Waals surface area contributed by atoms with Gasteiger partial charge in [0.2, 0.25) is 0 Å². The maximum absolute atomic E-state index is 11.0. The quantitative estimate of drug-likeness (QED) is 0.705. The first-order chi connectivity index (χ1) is 6.77. The summed E-state index contributed by atoms with van der Waals surface area (Å²) < 4.78 is 0. The van der Waals surface area contributed by atoms with E-state index in [1.165, 1.54) is 6.92 Å². The molecule has 0 spiro atoms. The lowest BCUT2D eigenvalue weighted by molar-refractivity contribution is 0.100. The summed E-state index contributed by atoms with van der Waals surface area (Å²) in [7, 11) is 0. The molecule has 0 amide bonds. The van der Waals surface area contributed by atoms with Gasteiger partial charge in [0.1, 0.15) is 0 Å². The van der Waals surface area contributed by atoms with E-state index >= 15 is 0 Å². The van der Waals surface area contributed by atoms with Gasteiger partial charge < -0.3 is 0 Å². The van der Waals surface area contributed by atoms with E-state index in [9.17, 15) is 4.79 Å². The number of nitrogens with zero attached hydrogens (tertiary/aromatic N) is 2. The Morgan fingerprint density at radius 3 is 2.93 bits per heavy atom. The van der Waals surface area contributed by atoms with Gasteiger partial charge in [-0.25, -0.2) is 9.97 Å². The van der Waals surface area contributed by atoms with Crippen LogP contribution in [-0.2, 0) is 0 Å². The number of rotatable bonds is 2. The normalized spacial score (nSPS) is 10.1. The molecule has 70 valence electrons. The van der Waals surface area contributed by atoms with Crippen LogP contribution >= 0.6 is 11.3 Å².